The summed E-state index contributed by atoms with van der Waals surface area (Å²) in [6.07, 6.45) is 3.34. The molecule has 0 spiro atoms. The highest BCUT2D eigenvalue weighted by atomic mass is 35.5. The minimum absolute atomic E-state index is 0.00135. The number of piperazine rings is 1. The largest absolute Gasteiger partial charge is 0.336 e. The molecule has 5 rings (SSSR count). The second kappa shape index (κ2) is 10.8. The van der Waals surface area contributed by atoms with E-state index in [1.165, 1.54) is 0 Å². The molecule has 2 aromatic carbocycles. The van der Waals surface area contributed by atoms with E-state index in [-0.39, 0.29) is 22.9 Å². The van der Waals surface area contributed by atoms with Crippen molar-refractivity contribution in [1.29, 1.82) is 0 Å². The van der Waals surface area contributed by atoms with Gasteiger partial charge in [0, 0.05) is 60.4 Å². The molecule has 1 saturated carbocycles. The molecule has 1 saturated heterocycles. The zero-order valence-corrected chi connectivity index (χ0v) is 22.0. The van der Waals surface area contributed by atoms with E-state index >= 15 is 0 Å². The van der Waals surface area contributed by atoms with Crippen LogP contribution in [0.3, 0.4) is 0 Å². The van der Waals surface area contributed by atoms with Gasteiger partial charge in [-0.25, -0.2) is 4.68 Å². The average molecular weight is 520 g/mol. The van der Waals surface area contributed by atoms with Crippen molar-refractivity contribution in [2.24, 2.45) is 5.73 Å². The van der Waals surface area contributed by atoms with E-state index in [4.69, 9.17) is 22.4 Å². The van der Waals surface area contributed by atoms with Crippen LogP contribution in [0.25, 0.3) is 11.3 Å². The normalized spacial score (nSPS) is 22.7. The van der Waals surface area contributed by atoms with Crippen molar-refractivity contribution in [3.05, 3.63) is 87.2 Å². The smallest absolute Gasteiger partial charge is 0.267 e. The van der Waals surface area contributed by atoms with Crippen LogP contribution in [0.1, 0.15) is 47.6 Å². The lowest BCUT2D eigenvalue weighted by Gasteiger charge is -2.40. The fourth-order valence-electron chi connectivity index (χ4n) is 5.67. The summed E-state index contributed by atoms with van der Waals surface area (Å²) in [5.41, 5.74) is 9.36. The molecule has 1 aliphatic carbocycles. The van der Waals surface area contributed by atoms with Gasteiger partial charge in [0.1, 0.15) is 0 Å². The maximum Gasteiger partial charge on any atom is 0.267 e. The van der Waals surface area contributed by atoms with Crippen LogP contribution in [-0.2, 0) is 5.41 Å². The number of carbonyl (C=O) groups excluding carboxylic acids is 1. The number of carbonyl (C=O) groups is 1. The highest BCUT2D eigenvalue weighted by Crippen LogP contribution is 2.42. The van der Waals surface area contributed by atoms with Crippen molar-refractivity contribution in [3.63, 3.8) is 0 Å². The van der Waals surface area contributed by atoms with E-state index < -0.39 is 0 Å². The van der Waals surface area contributed by atoms with Gasteiger partial charge < -0.3 is 15.5 Å². The Hall–Kier alpha value is -3.00. The number of nitrogens with two attached hydrogens (primary N) is 1. The quantitative estimate of drug-likeness (QED) is 0.551. The van der Waals surface area contributed by atoms with Crippen molar-refractivity contribution < 1.29 is 4.79 Å². The summed E-state index contributed by atoms with van der Waals surface area (Å²) in [7, 11) is 2.07. The lowest BCUT2D eigenvalue weighted by atomic mass is 9.68. The van der Waals surface area contributed by atoms with Gasteiger partial charge in [-0.3, -0.25) is 9.59 Å². The lowest BCUT2D eigenvalue weighted by Crippen LogP contribution is -2.47. The third-order valence-corrected chi connectivity index (χ3v) is 8.34. The maximum absolute atomic E-state index is 13.1. The van der Waals surface area contributed by atoms with Gasteiger partial charge in [0.05, 0.1) is 11.7 Å². The van der Waals surface area contributed by atoms with Crippen molar-refractivity contribution in [2.45, 2.75) is 37.1 Å². The van der Waals surface area contributed by atoms with Crippen LogP contribution >= 0.6 is 11.6 Å². The molecular weight excluding hydrogens is 486 g/mol. The number of hydrogen-bond donors (Lipinski definition) is 1. The standard InChI is InChI=1S/C29H34ClN5O2/c1-33-14-16-34(17-15-33)28(37)22-5-2-4-21(18-22)26-8-9-27(36)35(32-26)25-10-12-29(20-31,13-11-25)23-6-3-7-24(30)19-23/h2-9,18-19,25H,10-17,20,31H2,1H3/t25-,29-. The first-order valence-corrected chi connectivity index (χ1v) is 13.4. The zero-order chi connectivity index (χ0) is 26.0. The number of benzene rings is 2. The molecule has 194 valence electrons. The summed E-state index contributed by atoms with van der Waals surface area (Å²) < 4.78 is 1.63. The molecule has 0 unspecified atom stereocenters. The van der Waals surface area contributed by atoms with E-state index in [1.807, 2.05) is 47.4 Å². The molecule has 2 fully saturated rings. The molecule has 0 bridgehead atoms. The van der Waals surface area contributed by atoms with Crippen LogP contribution in [0.2, 0.25) is 5.02 Å². The lowest BCUT2D eigenvalue weighted by molar-refractivity contribution is 0.0664. The van der Waals surface area contributed by atoms with E-state index in [9.17, 15) is 9.59 Å². The van der Waals surface area contributed by atoms with Crippen molar-refractivity contribution >= 4 is 17.5 Å². The van der Waals surface area contributed by atoms with Gasteiger partial charge >= 0.3 is 0 Å². The second-order valence-corrected chi connectivity index (χ2v) is 10.8. The third-order valence-electron chi connectivity index (χ3n) is 8.11. The van der Waals surface area contributed by atoms with Gasteiger partial charge in [-0.05, 0) is 68.6 Å². The molecule has 8 heteroatoms. The summed E-state index contributed by atoms with van der Waals surface area (Å²) in [4.78, 5) is 30.1. The molecule has 2 aliphatic rings. The molecule has 7 nitrogen and oxygen atoms in total. The number of halogens is 1. The number of likely N-dealkylation sites (N-methyl/N-ethyl adjacent to an activating group) is 1. The van der Waals surface area contributed by atoms with E-state index in [1.54, 1.807) is 16.8 Å². The number of aromatic nitrogens is 2. The predicted molar refractivity (Wildman–Crippen MR) is 147 cm³/mol. The molecule has 1 amide bonds. The molecule has 2 N–H and O–H groups in total. The van der Waals surface area contributed by atoms with E-state index in [2.05, 4.69) is 18.0 Å². The SMILES string of the molecule is CN1CCN(C(=O)c2cccc(-c3ccc(=O)n([C@H]4CC[C@](CN)(c5cccc(Cl)c5)CC4)n3)c2)CC1. The van der Waals surface area contributed by atoms with Crippen LogP contribution in [0.15, 0.2) is 65.5 Å². The summed E-state index contributed by atoms with van der Waals surface area (Å²) in [5, 5.41) is 5.48. The molecule has 3 aromatic rings. The molecule has 0 radical (unpaired) electrons. The van der Waals surface area contributed by atoms with Crippen molar-refractivity contribution in [1.82, 2.24) is 19.6 Å². The Morgan fingerprint density at radius 3 is 2.46 bits per heavy atom. The van der Waals surface area contributed by atoms with Crippen LogP contribution in [0.5, 0.6) is 0 Å². The molecular formula is C29H34ClN5O2. The van der Waals surface area contributed by atoms with Crippen LogP contribution in [-0.4, -0.2) is 65.3 Å². The fourth-order valence-corrected chi connectivity index (χ4v) is 5.86. The van der Waals surface area contributed by atoms with E-state index in [0.29, 0.717) is 22.8 Å². The maximum atomic E-state index is 13.1. The van der Waals surface area contributed by atoms with Gasteiger partial charge in [0.25, 0.3) is 11.5 Å². The molecule has 1 aromatic heterocycles. The molecule has 0 atom stereocenters. The predicted octanol–water partition coefficient (Wildman–Crippen LogP) is 3.96. The summed E-state index contributed by atoms with van der Waals surface area (Å²) >= 11 is 6.26. The van der Waals surface area contributed by atoms with Crippen LogP contribution in [0.4, 0.5) is 0 Å². The van der Waals surface area contributed by atoms with Crippen molar-refractivity contribution in [3.8, 4) is 11.3 Å². The first-order chi connectivity index (χ1) is 17.9. The Bertz CT molecular complexity index is 1320. The number of amides is 1. The van der Waals surface area contributed by atoms with Gasteiger partial charge in [-0.2, -0.15) is 5.10 Å². The zero-order valence-electron chi connectivity index (χ0n) is 21.3. The van der Waals surface area contributed by atoms with E-state index in [0.717, 1.165) is 63.0 Å². The fraction of sp³-hybridized carbons (Fsp3) is 0.414. The first kappa shape index (κ1) is 25.6. The van der Waals surface area contributed by atoms with Gasteiger partial charge in [-0.1, -0.05) is 35.9 Å². The summed E-state index contributed by atoms with van der Waals surface area (Å²) in [6, 6.07) is 18.9. The second-order valence-electron chi connectivity index (χ2n) is 10.4. The first-order valence-electron chi connectivity index (χ1n) is 13.0. The van der Waals surface area contributed by atoms with Gasteiger partial charge in [-0.15, -0.1) is 0 Å². The highest BCUT2D eigenvalue weighted by Gasteiger charge is 2.37. The molecule has 1 aliphatic heterocycles. The Morgan fingerprint density at radius 2 is 1.76 bits per heavy atom. The topological polar surface area (TPSA) is 84.5 Å². The average Bonchev–Trinajstić information content (AvgIpc) is 2.93. The summed E-state index contributed by atoms with van der Waals surface area (Å²) in [6.45, 7) is 3.74. The monoisotopic (exact) mass is 519 g/mol. The van der Waals surface area contributed by atoms with Gasteiger partial charge in [0.2, 0.25) is 0 Å². The molecule has 2 heterocycles. The highest BCUT2D eigenvalue weighted by molar-refractivity contribution is 6.30. The number of nitrogens with zero attached hydrogens (tertiary/aromatic N) is 4. The Kier molecular flexibility index (Phi) is 7.47. The van der Waals surface area contributed by atoms with Gasteiger partial charge in [0.15, 0.2) is 0 Å². The Balaban J connectivity index is 1.35. The Labute approximate surface area is 222 Å². The minimum atomic E-state index is -0.138. The van der Waals surface area contributed by atoms with Crippen LogP contribution in [0, 0.1) is 0 Å². The Morgan fingerprint density at radius 1 is 1.03 bits per heavy atom. The molecule has 37 heavy (non-hydrogen) atoms. The number of hydrogen-bond acceptors (Lipinski definition) is 5. The van der Waals surface area contributed by atoms with Crippen LogP contribution < -0.4 is 11.3 Å². The summed E-state index contributed by atoms with van der Waals surface area (Å²) in [5.74, 6) is 0.0368. The number of rotatable bonds is 5. The minimum Gasteiger partial charge on any atom is -0.336 e. The third kappa shape index (κ3) is 5.35. The van der Waals surface area contributed by atoms with Crippen molar-refractivity contribution in [2.75, 3.05) is 39.8 Å².